The highest BCUT2D eigenvalue weighted by Gasteiger charge is 2.54. The van der Waals surface area contributed by atoms with Crippen molar-refractivity contribution in [2.45, 2.75) is 71.6 Å². The van der Waals surface area contributed by atoms with Crippen LogP contribution in [0.15, 0.2) is 35.4 Å². The highest BCUT2D eigenvalue weighted by molar-refractivity contribution is 7.87. The molecule has 6 heteroatoms. The lowest BCUT2D eigenvalue weighted by Crippen LogP contribution is -2.55. The van der Waals surface area contributed by atoms with Gasteiger partial charge in [0.2, 0.25) is 0 Å². The van der Waals surface area contributed by atoms with Gasteiger partial charge in [-0.2, -0.15) is 22.7 Å². The van der Waals surface area contributed by atoms with Gasteiger partial charge >= 0.3 is 10.2 Å². The number of nitrogens with zero attached hydrogens (tertiary/aromatic N) is 2. The van der Waals surface area contributed by atoms with Gasteiger partial charge in [-0.1, -0.05) is 63.9 Å². The molecule has 0 amide bonds. The van der Waals surface area contributed by atoms with Crippen molar-refractivity contribution in [2.75, 3.05) is 13.1 Å². The van der Waals surface area contributed by atoms with Crippen molar-refractivity contribution < 1.29 is 8.42 Å². The molecule has 1 N–H and O–H groups in total. The van der Waals surface area contributed by atoms with Crippen molar-refractivity contribution in [2.24, 2.45) is 28.3 Å². The van der Waals surface area contributed by atoms with Crippen LogP contribution >= 0.6 is 0 Å². The lowest BCUT2D eigenvalue weighted by atomic mass is 9.45. The predicted molar refractivity (Wildman–Crippen MR) is 122 cm³/mol. The zero-order valence-corrected chi connectivity index (χ0v) is 19.5. The summed E-state index contributed by atoms with van der Waals surface area (Å²) in [6.07, 6.45) is 7.84. The maximum absolute atomic E-state index is 13.1. The number of hydrogen-bond donors (Lipinski definition) is 1. The molecule has 5 rings (SSSR count). The van der Waals surface area contributed by atoms with E-state index in [4.69, 9.17) is 0 Å². The Morgan fingerprint density at radius 1 is 1.17 bits per heavy atom. The van der Waals surface area contributed by atoms with Crippen LogP contribution in [0.25, 0.3) is 0 Å². The van der Waals surface area contributed by atoms with Gasteiger partial charge in [-0.25, -0.2) is 0 Å². The molecule has 1 aromatic carbocycles. The number of hydrogen-bond acceptors (Lipinski definition) is 3. The second kappa shape index (κ2) is 8.62. The third kappa shape index (κ3) is 4.18. The topological polar surface area (TPSA) is 61.8 Å². The molecule has 0 saturated heterocycles. The maximum Gasteiger partial charge on any atom is 0.316 e. The standard InChI is InChI=1S/C24H37N3O2S/c1-4-5-7-12-23-21(18-10-8-6-9-11-18)17-27(26-23)30(28,29)25-16-19-13-14-20-15-22(19)24(20,2)3/h6,8-11,19-22,25H,4-5,7,12-17H2,1-3H3/t19-,20-,21?,22-/m0/s1. The van der Waals surface area contributed by atoms with Gasteiger partial charge < -0.3 is 0 Å². The summed E-state index contributed by atoms with van der Waals surface area (Å²) in [5.41, 5.74) is 2.52. The minimum atomic E-state index is -3.61. The number of nitrogens with one attached hydrogen (secondary N) is 1. The van der Waals surface area contributed by atoms with Gasteiger partial charge in [0, 0.05) is 18.2 Å². The summed E-state index contributed by atoms with van der Waals surface area (Å²) in [4.78, 5) is 0. The number of fused-ring (bicyclic) bond motifs is 2. The van der Waals surface area contributed by atoms with Crippen LogP contribution in [0.2, 0.25) is 0 Å². The van der Waals surface area contributed by atoms with E-state index >= 15 is 0 Å². The molecule has 3 fully saturated rings. The summed E-state index contributed by atoms with van der Waals surface area (Å²) in [5.74, 6) is 1.97. The SMILES string of the molecule is CCCCCC1=NN(S(=O)(=O)NC[C@@H]2CC[C@H]3C[C@@H]2C3(C)C)CC1c1ccccc1. The zero-order chi connectivity index (χ0) is 21.4. The first-order valence-corrected chi connectivity index (χ1v) is 13.2. The number of unbranched alkanes of at least 4 members (excludes halogenated alkanes) is 2. The molecule has 0 spiro atoms. The summed E-state index contributed by atoms with van der Waals surface area (Å²) >= 11 is 0. The second-order valence-electron chi connectivity index (χ2n) is 10.1. The molecule has 3 saturated carbocycles. The third-order valence-electron chi connectivity index (χ3n) is 8.03. The summed E-state index contributed by atoms with van der Waals surface area (Å²) < 4.78 is 30.5. The van der Waals surface area contributed by atoms with Crippen LogP contribution in [0.4, 0.5) is 0 Å². The van der Waals surface area contributed by atoms with Gasteiger partial charge in [0.1, 0.15) is 0 Å². The molecule has 5 nitrogen and oxygen atoms in total. The quantitative estimate of drug-likeness (QED) is 0.564. The average molecular weight is 432 g/mol. The molecule has 1 unspecified atom stereocenters. The molecule has 0 radical (unpaired) electrons. The lowest BCUT2D eigenvalue weighted by Gasteiger charge is -2.60. The minimum absolute atomic E-state index is 0.0561. The molecule has 1 heterocycles. The van der Waals surface area contributed by atoms with Gasteiger partial charge in [0.25, 0.3) is 0 Å². The zero-order valence-electron chi connectivity index (χ0n) is 18.7. The van der Waals surface area contributed by atoms with Crippen molar-refractivity contribution in [3.63, 3.8) is 0 Å². The Balaban J connectivity index is 1.43. The van der Waals surface area contributed by atoms with Crippen molar-refractivity contribution >= 4 is 15.9 Å². The van der Waals surface area contributed by atoms with E-state index in [-0.39, 0.29) is 5.92 Å². The Labute approximate surface area is 182 Å². The molecular formula is C24H37N3O2S. The molecule has 4 atom stereocenters. The molecule has 166 valence electrons. The van der Waals surface area contributed by atoms with Crippen molar-refractivity contribution in [3.8, 4) is 0 Å². The van der Waals surface area contributed by atoms with Crippen molar-refractivity contribution in [1.82, 2.24) is 9.14 Å². The first-order chi connectivity index (χ1) is 14.3. The van der Waals surface area contributed by atoms with Gasteiger partial charge in [-0.3, -0.25) is 0 Å². The van der Waals surface area contributed by atoms with Crippen LogP contribution in [0.1, 0.15) is 77.2 Å². The number of benzene rings is 1. The van der Waals surface area contributed by atoms with Crippen LogP contribution in [-0.2, 0) is 10.2 Å². The van der Waals surface area contributed by atoms with Crippen molar-refractivity contribution in [3.05, 3.63) is 35.9 Å². The summed E-state index contributed by atoms with van der Waals surface area (Å²) in [6.45, 7) is 7.83. The minimum Gasteiger partial charge on any atom is -0.196 e. The largest absolute Gasteiger partial charge is 0.316 e. The van der Waals surface area contributed by atoms with E-state index in [0.717, 1.165) is 49.3 Å². The second-order valence-corrected chi connectivity index (χ2v) is 11.7. The lowest BCUT2D eigenvalue weighted by molar-refractivity contribution is -0.102. The van der Waals surface area contributed by atoms with Crippen LogP contribution in [0.5, 0.6) is 0 Å². The van der Waals surface area contributed by atoms with E-state index in [2.05, 4.69) is 42.7 Å². The Bertz CT molecular complexity index is 864. The van der Waals surface area contributed by atoms with E-state index in [0.29, 0.717) is 30.3 Å². The fraction of sp³-hybridized carbons (Fsp3) is 0.708. The van der Waals surface area contributed by atoms with E-state index in [1.54, 1.807) is 0 Å². The van der Waals surface area contributed by atoms with Gasteiger partial charge in [-0.05, 0) is 60.8 Å². The molecule has 4 aliphatic rings. The first kappa shape index (κ1) is 21.8. The van der Waals surface area contributed by atoms with E-state index in [9.17, 15) is 8.42 Å². The highest BCUT2D eigenvalue weighted by Crippen LogP contribution is 2.61. The molecular weight excluding hydrogens is 394 g/mol. The van der Waals surface area contributed by atoms with E-state index in [1.807, 2.05) is 18.2 Å². The Kier molecular flexibility index (Phi) is 6.27. The number of hydrazone groups is 1. The third-order valence-corrected chi connectivity index (χ3v) is 9.34. The Morgan fingerprint density at radius 2 is 1.93 bits per heavy atom. The van der Waals surface area contributed by atoms with Crippen molar-refractivity contribution in [1.29, 1.82) is 0 Å². The fourth-order valence-electron chi connectivity index (χ4n) is 5.92. The maximum atomic E-state index is 13.1. The fourth-order valence-corrected chi connectivity index (χ4v) is 7.06. The van der Waals surface area contributed by atoms with Crippen LogP contribution in [0.3, 0.4) is 0 Å². The van der Waals surface area contributed by atoms with Gasteiger partial charge in [0.05, 0.1) is 6.54 Å². The summed E-state index contributed by atoms with van der Waals surface area (Å²) in [5, 5.41) is 4.61. The first-order valence-electron chi connectivity index (χ1n) is 11.7. The van der Waals surface area contributed by atoms with Crippen LogP contribution in [-0.4, -0.2) is 31.6 Å². The van der Waals surface area contributed by atoms with Crippen LogP contribution < -0.4 is 4.72 Å². The predicted octanol–water partition coefficient (Wildman–Crippen LogP) is 4.93. The monoisotopic (exact) mass is 431 g/mol. The van der Waals surface area contributed by atoms with E-state index in [1.165, 1.54) is 17.3 Å². The molecule has 30 heavy (non-hydrogen) atoms. The normalized spacial score (nSPS) is 30.1. The Morgan fingerprint density at radius 3 is 2.60 bits per heavy atom. The number of rotatable bonds is 9. The summed E-state index contributed by atoms with van der Waals surface area (Å²) in [6, 6.07) is 10.2. The average Bonchev–Trinajstić information content (AvgIpc) is 3.18. The molecule has 2 bridgehead atoms. The molecule has 3 aliphatic carbocycles. The molecule has 1 aromatic rings. The highest BCUT2D eigenvalue weighted by atomic mass is 32.2. The van der Waals surface area contributed by atoms with Crippen LogP contribution in [0, 0.1) is 23.2 Å². The smallest absolute Gasteiger partial charge is 0.196 e. The summed E-state index contributed by atoms with van der Waals surface area (Å²) in [7, 11) is -3.61. The van der Waals surface area contributed by atoms with Gasteiger partial charge in [-0.15, -0.1) is 0 Å². The van der Waals surface area contributed by atoms with E-state index < -0.39 is 10.2 Å². The molecule has 1 aliphatic heterocycles. The Hall–Kier alpha value is -1.40. The van der Waals surface area contributed by atoms with Gasteiger partial charge in [0.15, 0.2) is 0 Å². The molecule has 0 aromatic heterocycles.